The molecule has 0 fully saturated rings. The normalized spacial score (nSPS) is 11.2. The lowest BCUT2D eigenvalue weighted by atomic mass is 10.4. The van der Waals surface area contributed by atoms with Gasteiger partial charge in [0.25, 0.3) is 0 Å². The van der Waals surface area contributed by atoms with E-state index in [2.05, 4.69) is 4.18 Å². The zero-order valence-corrected chi connectivity index (χ0v) is 10.6. The Morgan fingerprint density at radius 3 is 1.65 bits per heavy atom. The van der Waals surface area contributed by atoms with Crippen LogP contribution in [0, 0.1) is 0 Å². The molecular formula is C8H21NO7S. The van der Waals surface area contributed by atoms with Gasteiger partial charge in [0.05, 0.1) is 20.3 Å². The maximum absolute atomic E-state index is 9.33. The third kappa shape index (κ3) is 18.3. The maximum atomic E-state index is 9.33. The average molecular weight is 275 g/mol. The van der Waals surface area contributed by atoms with Crippen molar-refractivity contribution in [2.24, 2.45) is 0 Å². The van der Waals surface area contributed by atoms with E-state index in [1.54, 1.807) is 0 Å². The summed E-state index contributed by atoms with van der Waals surface area (Å²) in [6, 6.07) is 0. The lowest BCUT2D eigenvalue weighted by Gasteiger charge is -2.18. The molecule has 8 nitrogen and oxygen atoms in total. The van der Waals surface area contributed by atoms with E-state index in [0.717, 1.165) is 13.7 Å². The van der Waals surface area contributed by atoms with Crippen molar-refractivity contribution in [1.29, 1.82) is 0 Å². The van der Waals surface area contributed by atoms with Gasteiger partial charge in [-0.3, -0.25) is 13.6 Å². The molecule has 0 heterocycles. The number of rotatable bonds is 8. The van der Waals surface area contributed by atoms with Crippen LogP contribution in [0.4, 0.5) is 0 Å². The maximum Gasteiger partial charge on any atom is 0.397 e. The summed E-state index contributed by atoms with van der Waals surface area (Å²) in [7, 11) is -3.29. The molecule has 0 bridgehead atoms. The van der Waals surface area contributed by atoms with Crippen molar-refractivity contribution >= 4 is 10.4 Å². The highest BCUT2D eigenvalue weighted by Crippen LogP contribution is 1.89. The zero-order chi connectivity index (χ0) is 13.7. The van der Waals surface area contributed by atoms with Crippen molar-refractivity contribution in [2.75, 3.05) is 46.6 Å². The van der Waals surface area contributed by atoms with Crippen LogP contribution in [0.3, 0.4) is 0 Å². The summed E-state index contributed by atoms with van der Waals surface area (Å²) < 4.78 is 29.7. The summed E-state index contributed by atoms with van der Waals surface area (Å²) in [4.78, 5) is 1.91. The van der Waals surface area contributed by atoms with E-state index in [1.807, 2.05) is 4.90 Å². The number of aliphatic hydroxyl groups is 3. The topological polar surface area (TPSA) is 128 Å². The molecule has 0 aromatic heterocycles. The standard InChI is InChI=1S/C7H17NO3.CH4O4S/c9-5-1-2-8(3-6-10)4-7-11;1-5-6(2,3)4/h9-11H,1-7H2;1H3,(H,2,3,4). The zero-order valence-electron chi connectivity index (χ0n) is 9.82. The molecule has 0 atom stereocenters. The second-order valence-electron chi connectivity index (χ2n) is 2.96. The van der Waals surface area contributed by atoms with Gasteiger partial charge in [0.1, 0.15) is 0 Å². The minimum atomic E-state index is -4.16. The van der Waals surface area contributed by atoms with Crippen LogP contribution < -0.4 is 0 Å². The van der Waals surface area contributed by atoms with Gasteiger partial charge in [0, 0.05) is 26.2 Å². The van der Waals surface area contributed by atoms with Crippen LogP contribution in [-0.2, 0) is 14.6 Å². The molecule has 0 rings (SSSR count). The van der Waals surface area contributed by atoms with Crippen molar-refractivity contribution in [1.82, 2.24) is 4.90 Å². The molecule has 106 valence electrons. The minimum absolute atomic E-state index is 0.103. The van der Waals surface area contributed by atoms with Gasteiger partial charge in [-0.25, -0.2) is 0 Å². The summed E-state index contributed by atoms with van der Waals surface area (Å²) in [6.07, 6.45) is 0.694. The Balaban J connectivity index is 0. The molecule has 0 radical (unpaired) electrons. The molecule has 0 saturated heterocycles. The van der Waals surface area contributed by atoms with Gasteiger partial charge in [-0.05, 0) is 6.42 Å². The fraction of sp³-hybridized carbons (Fsp3) is 1.00. The summed E-state index contributed by atoms with van der Waals surface area (Å²) >= 11 is 0. The number of nitrogens with zero attached hydrogens (tertiary/aromatic N) is 1. The largest absolute Gasteiger partial charge is 0.397 e. The second kappa shape index (κ2) is 12.2. The van der Waals surface area contributed by atoms with Crippen LogP contribution in [0.5, 0.6) is 0 Å². The Labute approximate surface area is 101 Å². The van der Waals surface area contributed by atoms with E-state index >= 15 is 0 Å². The molecule has 0 spiro atoms. The fourth-order valence-corrected chi connectivity index (χ4v) is 0.913. The first kappa shape index (κ1) is 19.1. The van der Waals surface area contributed by atoms with Crippen molar-refractivity contribution < 1.29 is 32.5 Å². The van der Waals surface area contributed by atoms with Gasteiger partial charge in [-0.2, -0.15) is 8.42 Å². The third-order valence-electron chi connectivity index (χ3n) is 1.68. The van der Waals surface area contributed by atoms with Gasteiger partial charge in [-0.1, -0.05) is 0 Å². The summed E-state index contributed by atoms with van der Waals surface area (Å²) in [5, 5.41) is 25.7. The molecule has 0 unspecified atom stereocenters. The molecule has 9 heteroatoms. The second-order valence-corrected chi connectivity index (χ2v) is 4.15. The van der Waals surface area contributed by atoms with Crippen LogP contribution in [0.2, 0.25) is 0 Å². The average Bonchev–Trinajstić information content (AvgIpc) is 2.26. The van der Waals surface area contributed by atoms with Gasteiger partial charge in [0.2, 0.25) is 0 Å². The highest BCUT2D eigenvalue weighted by molar-refractivity contribution is 7.80. The molecule has 0 aliphatic rings. The molecule has 0 aliphatic heterocycles. The first-order valence-electron chi connectivity index (χ1n) is 4.99. The number of aliphatic hydroxyl groups excluding tert-OH is 3. The predicted octanol–water partition coefficient (Wildman–Crippen LogP) is -1.91. The highest BCUT2D eigenvalue weighted by Gasteiger charge is 2.01. The summed E-state index contributed by atoms with van der Waals surface area (Å²) in [6.45, 7) is 2.24. The van der Waals surface area contributed by atoms with Crippen molar-refractivity contribution in [2.45, 2.75) is 6.42 Å². The predicted molar refractivity (Wildman–Crippen MR) is 60.9 cm³/mol. The lowest BCUT2D eigenvalue weighted by Crippen LogP contribution is -2.31. The van der Waals surface area contributed by atoms with E-state index in [0.29, 0.717) is 19.5 Å². The molecule has 0 aliphatic carbocycles. The van der Waals surface area contributed by atoms with Gasteiger partial charge < -0.3 is 15.3 Å². The first-order chi connectivity index (χ1) is 7.91. The molecule has 17 heavy (non-hydrogen) atoms. The fourth-order valence-electron chi connectivity index (χ4n) is 0.913. The SMILES string of the molecule is COS(=O)(=O)O.OCCCN(CCO)CCO. The minimum Gasteiger partial charge on any atom is -0.396 e. The summed E-state index contributed by atoms with van der Waals surface area (Å²) in [5.41, 5.74) is 0. The van der Waals surface area contributed by atoms with Crippen LogP contribution >= 0.6 is 0 Å². The van der Waals surface area contributed by atoms with Crippen LogP contribution in [0.15, 0.2) is 0 Å². The van der Waals surface area contributed by atoms with E-state index in [1.165, 1.54) is 0 Å². The van der Waals surface area contributed by atoms with Gasteiger partial charge in [0.15, 0.2) is 0 Å². The first-order valence-corrected chi connectivity index (χ1v) is 6.35. The van der Waals surface area contributed by atoms with E-state index in [-0.39, 0.29) is 19.8 Å². The van der Waals surface area contributed by atoms with Gasteiger partial charge in [-0.15, -0.1) is 0 Å². The quantitative estimate of drug-likeness (QED) is 0.378. The summed E-state index contributed by atoms with van der Waals surface area (Å²) in [5.74, 6) is 0. The Hall–Kier alpha value is -0.290. The Bertz CT molecular complexity index is 238. The molecule has 0 amide bonds. The molecule has 0 aromatic carbocycles. The van der Waals surface area contributed by atoms with Crippen molar-refractivity contribution in [3.05, 3.63) is 0 Å². The smallest absolute Gasteiger partial charge is 0.396 e. The van der Waals surface area contributed by atoms with Crippen molar-refractivity contribution in [3.63, 3.8) is 0 Å². The van der Waals surface area contributed by atoms with Crippen molar-refractivity contribution in [3.8, 4) is 0 Å². The number of hydrogen-bond acceptors (Lipinski definition) is 7. The van der Waals surface area contributed by atoms with E-state index < -0.39 is 10.4 Å². The van der Waals surface area contributed by atoms with Crippen LogP contribution in [-0.4, -0.2) is 79.8 Å². The van der Waals surface area contributed by atoms with Crippen LogP contribution in [0.1, 0.15) is 6.42 Å². The van der Waals surface area contributed by atoms with E-state index in [9.17, 15) is 8.42 Å². The molecule has 0 aromatic rings. The molecular weight excluding hydrogens is 254 g/mol. The number of hydrogen-bond donors (Lipinski definition) is 4. The highest BCUT2D eigenvalue weighted by atomic mass is 32.3. The molecule has 0 saturated carbocycles. The van der Waals surface area contributed by atoms with Gasteiger partial charge >= 0.3 is 10.4 Å². The lowest BCUT2D eigenvalue weighted by molar-refractivity contribution is 0.150. The Morgan fingerprint density at radius 1 is 1.00 bits per heavy atom. The monoisotopic (exact) mass is 275 g/mol. The Morgan fingerprint density at radius 2 is 1.41 bits per heavy atom. The third-order valence-corrected chi connectivity index (χ3v) is 2.10. The van der Waals surface area contributed by atoms with E-state index in [4.69, 9.17) is 19.9 Å². The van der Waals surface area contributed by atoms with Crippen LogP contribution in [0.25, 0.3) is 0 Å². The molecule has 4 N–H and O–H groups in total. The Kier molecular flexibility index (Phi) is 13.6.